The van der Waals surface area contributed by atoms with E-state index >= 15 is 0 Å². The Morgan fingerprint density at radius 2 is 1.61 bits per heavy atom. The number of H-pyrrole nitrogens is 1. The Balaban J connectivity index is 1.00. The summed E-state index contributed by atoms with van der Waals surface area (Å²) in [6.07, 6.45) is 4.71. The number of nitrogen functional groups attached to an aromatic ring is 1. The fourth-order valence-corrected chi connectivity index (χ4v) is 5.89. The topological polar surface area (TPSA) is 160 Å². The zero-order valence-corrected chi connectivity index (χ0v) is 27.0. The Kier molecular flexibility index (Phi) is 12.7. The van der Waals surface area contributed by atoms with Crippen LogP contribution in [0.3, 0.4) is 0 Å². The van der Waals surface area contributed by atoms with Crippen LogP contribution in [0.5, 0.6) is 0 Å². The van der Waals surface area contributed by atoms with Crippen LogP contribution >= 0.6 is 0 Å². The van der Waals surface area contributed by atoms with E-state index in [1.165, 1.54) is 6.33 Å². The van der Waals surface area contributed by atoms with Gasteiger partial charge in [0.1, 0.15) is 23.4 Å². The number of aromatic nitrogens is 5. The molecule has 0 atom stereocenters. The first-order valence-corrected chi connectivity index (χ1v) is 16.3. The highest BCUT2D eigenvalue weighted by Gasteiger charge is 2.31. The van der Waals surface area contributed by atoms with E-state index in [1.54, 1.807) is 0 Å². The Labute approximate surface area is 269 Å². The van der Waals surface area contributed by atoms with Crippen LogP contribution < -0.4 is 11.1 Å². The number of anilines is 1. The van der Waals surface area contributed by atoms with Gasteiger partial charge in [0.15, 0.2) is 5.82 Å². The molecule has 1 aromatic carbocycles. The third-order valence-corrected chi connectivity index (χ3v) is 8.31. The molecule has 13 nitrogen and oxygen atoms in total. The maximum Gasteiger partial charge on any atom is 0.223 e. The number of carbonyl (C=O) groups excluding carboxylic acids is 1. The van der Waals surface area contributed by atoms with E-state index in [-0.39, 0.29) is 17.7 Å². The van der Waals surface area contributed by atoms with Crippen LogP contribution in [0, 0.1) is 12.8 Å². The predicted molar refractivity (Wildman–Crippen MR) is 175 cm³/mol. The number of ether oxygens (including phenoxy) is 5. The van der Waals surface area contributed by atoms with Crippen molar-refractivity contribution in [2.45, 2.75) is 45.4 Å². The number of hydrogen-bond acceptors (Lipinski definition) is 10. The molecule has 4 N–H and O–H groups in total. The molecule has 3 aromatic heterocycles. The number of rotatable bonds is 19. The Hall–Kier alpha value is -3.62. The van der Waals surface area contributed by atoms with Gasteiger partial charge in [-0.25, -0.2) is 14.5 Å². The Morgan fingerprint density at radius 1 is 0.957 bits per heavy atom. The van der Waals surface area contributed by atoms with E-state index in [1.807, 2.05) is 17.5 Å². The number of hydrogen-bond donors (Lipinski definition) is 3. The van der Waals surface area contributed by atoms with Gasteiger partial charge in [0.05, 0.1) is 65.2 Å². The minimum atomic E-state index is -0.0308. The molecule has 0 aliphatic heterocycles. The van der Waals surface area contributed by atoms with Crippen LogP contribution in [-0.2, 0) is 28.5 Å². The van der Waals surface area contributed by atoms with Crippen molar-refractivity contribution in [3.63, 3.8) is 0 Å². The predicted octanol–water partition coefficient (Wildman–Crippen LogP) is 3.66. The minimum absolute atomic E-state index is 0.0308. The first kappa shape index (κ1) is 33.7. The fourth-order valence-electron chi connectivity index (χ4n) is 5.89. The zero-order valence-electron chi connectivity index (χ0n) is 27.0. The van der Waals surface area contributed by atoms with Crippen LogP contribution in [0.15, 0.2) is 30.6 Å². The summed E-state index contributed by atoms with van der Waals surface area (Å²) in [5.41, 5.74) is 10.9. The molecule has 1 fully saturated rings. The summed E-state index contributed by atoms with van der Waals surface area (Å²) in [5.74, 6) is 1.46. The second-order valence-corrected chi connectivity index (χ2v) is 11.4. The van der Waals surface area contributed by atoms with Crippen molar-refractivity contribution in [3.05, 3.63) is 42.0 Å². The summed E-state index contributed by atoms with van der Waals surface area (Å²) in [7, 11) is 0. The smallest absolute Gasteiger partial charge is 0.223 e. The van der Waals surface area contributed by atoms with Gasteiger partial charge >= 0.3 is 0 Å². The summed E-state index contributed by atoms with van der Waals surface area (Å²) >= 11 is 0. The molecule has 1 amide bonds. The standard InChI is InChI=1S/C33H47N7O6/c1-3-42-13-14-44-17-18-46-20-19-45-16-15-43-12-11-35-33(41)25-9-7-24(8-10-25)32-39-29(30-31(34)36-22-37-40(30)32)27-21-26-6-4-5-23(2)28(26)38-27/h4-6,21-22,24-25,38H,3,7-20H2,1-2H3,(H,35,41)(H2,34,36,37). The van der Waals surface area contributed by atoms with Crippen molar-refractivity contribution < 1.29 is 28.5 Å². The van der Waals surface area contributed by atoms with E-state index in [0.29, 0.717) is 83.9 Å². The molecule has 46 heavy (non-hydrogen) atoms. The quantitative estimate of drug-likeness (QED) is 0.130. The van der Waals surface area contributed by atoms with Crippen molar-refractivity contribution >= 4 is 28.1 Å². The average Bonchev–Trinajstić information content (AvgIpc) is 3.68. The molecule has 3 heterocycles. The number of imidazole rings is 1. The Bertz CT molecular complexity index is 1530. The Morgan fingerprint density at radius 3 is 2.26 bits per heavy atom. The average molecular weight is 638 g/mol. The minimum Gasteiger partial charge on any atom is -0.382 e. The molecular weight excluding hydrogens is 590 g/mol. The molecule has 1 aliphatic rings. The van der Waals surface area contributed by atoms with Gasteiger partial charge in [-0.15, -0.1) is 0 Å². The molecule has 0 unspecified atom stereocenters. The molecular formula is C33H47N7O6. The van der Waals surface area contributed by atoms with Gasteiger partial charge in [-0.1, -0.05) is 18.2 Å². The first-order valence-electron chi connectivity index (χ1n) is 16.3. The number of para-hydroxylation sites is 1. The van der Waals surface area contributed by atoms with Gasteiger partial charge in [0.2, 0.25) is 5.91 Å². The van der Waals surface area contributed by atoms with Crippen LogP contribution in [-0.4, -0.2) is 103 Å². The van der Waals surface area contributed by atoms with Crippen molar-refractivity contribution in [3.8, 4) is 11.4 Å². The van der Waals surface area contributed by atoms with Gasteiger partial charge in [-0.2, -0.15) is 5.10 Å². The van der Waals surface area contributed by atoms with E-state index in [2.05, 4.69) is 45.5 Å². The number of nitrogens with zero attached hydrogens (tertiary/aromatic N) is 4. The highest BCUT2D eigenvalue weighted by molar-refractivity contribution is 5.92. The molecule has 1 aliphatic carbocycles. The number of amides is 1. The van der Waals surface area contributed by atoms with E-state index in [9.17, 15) is 4.79 Å². The van der Waals surface area contributed by atoms with Crippen molar-refractivity contribution in [2.24, 2.45) is 5.92 Å². The summed E-state index contributed by atoms with van der Waals surface area (Å²) in [4.78, 5) is 25.7. The fraction of sp³-hybridized carbons (Fsp3) is 0.576. The lowest BCUT2D eigenvalue weighted by Gasteiger charge is -2.26. The summed E-state index contributed by atoms with van der Waals surface area (Å²) in [5, 5.41) is 8.67. The van der Waals surface area contributed by atoms with Crippen LogP contribution in [0.2, 0.25) is 0 Å². The van der Waals surface area contributed by atoms with Crippen LogP contribution in [0.4, 0.5) is 5.82 Å². The molecule has 4 aromatic rings. The normalized spacial score (nSPS) is 16.8. The third kappa shape index (κ3) is 8.80. The number of aryl methyl sites for hydroxylation is 1. The molecule has 5 rings (SSSR count). The number of carbonyl (C=O) groups is 1. The number of fused-ring (bicyclic) bond motifs is 2. The zero-order chi connectivity index (χ0) is 32.1. The highest BCUT2D eigenvalue weighted by atomic mass is 16.6. The lowest BCUT2D eigenvalue weighted by atomic mass is 9.81. The monoisotopic (exact) mass is 637 g/mol. The maximum absolute atomic E-state index is 12.9. The lowest BCUT2D eigenvalue weighted by Crippen LogP contribution is -2.35. The molecule has 250 valence electrons. The third-order valence-electron chi connectivity index (χ3n) is 8.31. The second-order valence-electron chi connectivity index (χ2n) is 11.4. The second kappa shape index (κ2) is 17.3. The molecule has 0 spiro atoms. The van der Waals surface area contributed by atoms with Crippen LogP contribution in [0.25, 0.3) is 27.8 Å². The van der Waals surface area contributed by atoms with Crippen LogP contribution in [0.1, 0.15) is 49.9 Å². The van der Waals surface area contributed by atoms with Gasteiger partial charge in [-0.3, -0.25) is 4.79 Å². The summed E-state index contributed by atoms with van der Waals surface area (Å²) < 4.78 is 29.0. The van der Waals surface area contributed by atoms with E-state index in [0.717, 1.165) is 59.4 Å². The lowest BCUT2D eigenvalue weighted by molar-refractivity contribution is -0.126. The summed E-state index contributed by atoms with van der Waals surface area (Å²) in [6, 6.07) is 8.31. The number of aromatic amines is 1. The number of benzene rings is 1. The highest BCUT2D eigenvalue weighted by Crippen LogP contribution is 2.38. The SMILES string of the molecule is CCOCCOCCOCCOCCOCCNC(=O)C1CCC(c2nc(-c3cc4cccc(C)c4[nH]3)c3c(N)ncnn23)CC1. The number of nitrogens with one attached hydrogen (secondary N) is 2. The van der Waals surface area contributed by atoms with Gasteiger partial charge in [0.25, 0.3) is 0 Å². The van der Waals surface area contributed by atoms with Gasteiger partial charge < -0.3 is 39.7 Å². The molecule has 1 saturated carbocycles. The maximum atomic E-state index is 12.9. The number of nitrogens with two attached hydrogens (primary N) is 1. The molecule has 0 radical (unpaired) electrons. The largest absolute Gasteiger partial charge is 0.382 e. The molecule has 13 heteroatoms. The van der Waals surface area contributed by atoms with Crippen molar-refractivity contribution in [1.82, 2.24) is 29.9 Å². The molecule has 0 bridgehead atoms. The molecule has 0 saturated heterocycles. The van der Waals surface area contributed by atoms with E-state index < -0.39 is 0 Å². The van der Waals surface area contributed by atoms with Gasteiger partial charge in [-0.05, 0) is 51.2 Å². The van der Waals surface area contributed by atoms with Gasteiger partial charge in [0, 0.05) is 35.9 Å². The summed E-state index contributed by atoms with van der Waals surface area (Å²) in [6.45, 7) is 9.88. The van der Waals surface area contributed by atoms with Crippen molar-refractivity contribution in [1.29, 1.82) is 0 Å². The van der Waals surface area contributed by atoms with E-state index in [4.69, 9.17) is 34.4 Å². The van der Waals surface area contributed by atoms with Crippen molar-refractivity contribution in [2.75, 3.05) is 78.3 Å². The first-order chi connectivity index (χ1) is 22.6.